The minimum Gasteiger partial charge on any atom is -0.756 e. The summed E-state index contributed by atoms with van der Waals surface area (Å²) in [5, 5.41) is 0. The second kappa shape index (κ2) is 42.0. The van der Waals surface area contributed by atoms with E-state index in [4.69, 9.17) is 18.5 Å². The van der Waals surface area contributed by atoms with E-state index in [0.717, 1.165) is 57.8 Å². The topological polar surface area (TPSA) is 111 Å². The molecule has 348 valence electrons. The fourth-order valence-electron chi connectivity index (χ4n) is 6.29. The van der Waals surface area contributed by atoms with Crippen molar-refractivity contribution < 1.29 is 42.1 Å². The molecule has 2 unspecified atom stereocenters. The molecule has 0 aromatic heterocycles. The molecular weight excluding hydrogens is 774 g/mol. The van der Waals surface area contributed by atoms with Crippen LogP contribution in [0.1, 0.15) is 194 Å². The number of hydrogen-bond donors (Lipinski definition) is 0. The lowest BCUT2D eigenvalue weighted by Crippen LogP contribution is -2.37. The van der Waals surface area contributed by atoms with Crippen molar-refractivity contribution >= 4 is 19.8 Å². The summed E-state index contributed by atoms with van der Waals surface area (Å²) < 4.78 is 33.9. The number of hydrogen-bond acceptors (Lipinski definition) is 8. The van der Waals surface area contributed by atoms with Crippen molar-refractivity contribution in [3.63, 3.8) is 0 Å². The average molecular weight is 864 g/mol. The van der Waals surface area contributed by atoms with Gasteiger partial charge >= 0.3 is 11.9 Å². The lowest BCUT2D eigenvalue weighted by atomic mass is 10.1. The van der Waals surface area contributed by atoms with Crippen LogP contribution in [0.5, 0.6) is 0 Å². The van der Waals surface area contributed by atoms with Crippen molar-refractivity contribution in [3.8, 4) is 0 Å². The number of nitrogens with zero attached hydrogens (tertiary/aromatic N) is 1. The third-order valence-electron chi connectivity index (χ3n) is 10.0. The van der Waals surface area contributed by atoms with Crippen LogP contribution >= 0.6 is 7.82 Å². The van der Waals surface area contributed by atoms with Crippen molar-refractivity contribution in [2.45, 2.75) is 200 Å². The highest BCUT2D eigenvalue weighted by Crippen LogP contribution is 2.38. The maximum Gasteiger partial charge on any atom is 0.306 e. The molecule has 60 heavy (non-hydrogen) atoms. The van der Waals surface area contributed by atoms with Crippen LogP contribution in [0.25, 0.3) is 0 Å². The number of allylic oxidation sites excluding steroid dienone is 10. The minimum absolute atomic E-state index is 0.0414. The summed E-state index contributed by atoms with van der Waals surface area (Å²) in [6.45, 7) is 4.06. The molecule has 0 aromatic rings. The Morgan fingerprint density at radius 1 is 0.533 bits per heavy atom. The van der Waals surface area contributed by atoms with Gasteiger partial charge in [0.15, 0.2) is 6.10 Å². The molecule has 0 heterocycles. The first-order chi connectivity index (χ1) is 29.0. The summed E-state index contributed by atoms with van der Waals surface area (Å²) in [7, 11) is 1.13. The Hall–Kier alpha value is -2.29. The number of likely N-dealkylation sites (N-methyl/N-ethyl adjacent to an activating group) is 1. The van der Waals surface area contributed by atoms with Crippen LogP contribution in [0.2, 0.25) is 0 Å². The quantitative estimate of drug-likeness (QED) is 0.0196. The van der Waals surface area contributed by atoms with Gasteiger partial charge in [-0.2, -0.15) is 0 Å². The second-order valence-corrected chi connectivity index (χ2v) is 18.5. The van der Waals surface area contributed by atoms with E-state index in [9.17, 15) is 19.0 Å². The molecule has 2 atom stereocenters. The molecule has 0 spiro atoms. The first kappa shape index (κ1) is 57.7. The van der Waals surface area contributed by atoms with Gasteiger partial charge in [-0.1, -0.05) is 164 Å². The van der Waals surface area contributed by atoms with Crippen LogP contribution in [-0.4, -0.2) is 70.0 Å². The predicted octanol–water partition coefficient (Wildman–Crippen LogP) is 13.4. The van der Waals surface area contributed by atoms with E-state index in [0.29, 0.717) is 17.4 Å². The van der Waals surface area contributed by atoms with Gasteiger partial charge in [0.05, 0.1) is 27.7 Å². The largest absolute Gasteiger partial charge is 0.756 e. The van der Waals surface area contributed by atoms with E-state index in [2.05, 4.69) is 74.6 Å². The summed E-state index contributed by atoms with van der Waals surface area (Å²) in [6, 6.07) is 0. The zero-order chi connectivity index (χ0) is 44.3. The predicted molar refractivity (Wildman–Crippen MR) is 250 cm³/mol. The van der Waals surface area contributed by atoms with Crippen LogP contribution in [0.4, 0.5) is 0 Å². The number of phosphoric ester groups is 1. The van der Waals surface area contributed by atoms with Crippen molar-refractivity contribution in [1.82, 2.24) is 0 Å². The first-order valence-electron chi connectivity index (χ1n) is 24.0. The summed E-state index contributed by atoms with van der Waals surface area (Å²) in [5.41, 5.74) is 0. The normalized spacial score (nSPS) is 14.0. The maximum atomic E-state index is 12.7. The Morgan fingerprint density at radius 2 is 0.950 bits per heavy atom. The molecular formula is C50H90NO8P. The molecule has 0 radical (unpaired) electrons. The number of esters is 2. The summed E-state index contributed by atoms with van der Waals surface area (Å²) in [4.78, 5) is 37.6. The minimum atomic E-state index is -4.64. The maximum absolute atomic E-state index is 12.7. The Labute approximate surface area is 368 Å². The summed E-state index contributed by atoms with van der Waals surface area (Å²) >= 11 is 0. The van der Waals surface area contributed by atoms with E-state index < -0.39 is 32.5 Å². The zero-order valence-corrected chi connectivity index (χ0v) is 40.0. The Morgan fingerprint density at radius 3 is 1.47 bits per heavy atom. The number of phosphoric acid groups is 1. The molecule has 0 fully saturated rings. The molecule has 0 rings (SSSR count). The number of unbranched alkanes of at least 4 members (excludes halogenated alkanes) is 19. The van der Waals surface area contributed by atoms with Crippen molar-refractivity contribution in [3.05, 3.63) is 60.8 Å². The molecule has 0 amide bonds. The average Bonchev–Trinajstić information content (AvgIpc) is 3.20. The van der Waals surface area contributed by atoms with E-state index in [1.807, 2.05) is 21.1 Å². The number of ether oxygens (including phenoxy) is 2. The lowest BCUT2D eigenvalue weighted by Gasteiger charge is -2.28. The van der Waals surface area contributed by atoms with Crippen LogP contribution in [0.3, 0.4) is 0 Å². The number of carbonyl (C=O) groups is 2. The monoisotopic (exact) mass is 864 g/mol. The molecule has 9 nitrogen and oxygen atoms in total. The molecule has 0 aromatic carbocycles. The third kappa shape index (κ3) is 45.2. The Balaban J connectivity index is 4.32. The summed E-state index contributed by atoms with van der Waals surface area (Å²) in [5.74, 6) is -0.886. The van der Waals surface area contributed by atoms with E-state index in [-0.39, 0.29) is 26.1 Å². The first-order valence-corrected chi connectivity index (χ1v) is 25.5. The van der Waals surface area contributed by atoms with Crippen molar-refractivity contribution in [2.24, 2.45) is 0 Å². The molecule has 0 saturated heterocycles. The Kier molecular flexibility index (Phi) is 40.4. The van der Waals surface area contributed by atoms with Crippen molar-refractivity contribution in [2.75, 3.05) is 47.5 Å². The Bertz CT molecular complexity index is 1210. The standard InChI is InChI=1S/C50H90NO8P/c1-6-8-10-12-14-16-18-20-22-23-24-25-26-27-29-30-32-34-36-38-40-42-49(52)56-46-48(47-58-60(54,55)57-45-44-51(3,4)5)59-50(53)43-41-39-37-35-33-31-28-21-19-17-15-13-11-9-7-2/h9,11,15,17,21,23-24,28,33,35,48H,6-8,10,12-14,16,18-20,22,25-27,29-32,34,36-47H2,1-5H3/b11-9-,17-15-,24-23-,28-21-,35-33-. The molecule has 0 aliphatic rings. The van der Waals surface area contributed by atoms with E-state index in [1.54, 1.807) is 0 Å². The molecule has 0 aliphatic carbocycles. The fraction of sp³-hybridized carbons (Fsp3) is 0.760. The second-order valence-electron chi connectivity index (χ2n) is 17.1. The van der Waals surface area contributed by atoms with Gasteiger partial charge < -0.3 is 27.9 Å². The number of quaternary nitrogens is 1. The van der Waals surface area contributed by atoms with Gasteiger partial charge in [-0.15, -0.1) is 0 Å². The van der Waals surface area contributed by atoms with E-state index >= 15 is 0 Å². The molecule has 0 aliphatic heterocycles. The highest BCUT2D eigenvalue weighted by molar-refractivity contribution is 7.45. The van der Waals surface area contributed by atoms with Gasteiger partial charge in [0, 0.05) is 12.8 Å². The molecule has 10 heteroatoms. The SMILES string of the molecule is CC/C=C\C/C=C\C/C=C\C/C=C\CCCCC(=O)OC(COC(=O)CCCCCCCCCCC/C=C\CCCCCCCCCC)COP(=O)([O-])OCC[N+](C)(C)C. The van der Waals surface area contributed by atoms with Gasteiger partial charge in [0.2, 0.25) is 0 Å². The zero-order valence-electron chi connectivity index (χ0n) is 39.1. The number of carbonyl (C=O) groups excluding carboxylic acids is 2. The van der Waals surface area contributed by atoms with E-state index in [1.165, 1.54) is 103 Å². The molecule has 0 bridgehead atoms. The number of rotatable bonds is 43. The third-order valence-corrected chi connectivity index (χ3v) is 11.0. The smallest absolute Gasteiger partial charge is 0.306 e. The van der Waals surface area contributed by atoms with Crippen LogP contribution < -0.4 is 4.89 Å². The molecule has 0 saturated carbocycles. The van der Waals surface area contributed by atoms with Gasteiger partial charge in [0.1, 0.15) is 19.8 Å². The van der Waals surface area contributed by atoms with Gasteiger partial charge in [0.25, 0.3) is 7.82 Å². The lowest BCUT2D eigenvalue weighted by molar-refractivity contribution is -0.870. The van der Waals surface area contributed by atoms with Crippen LogP contribution in [0.15, 0.2) is 60.8 Å². The highest BCUT2D eigenvalue weighted by Gasteiger charge is 2.21. The summed E-state index contributed by atoms with van der Waals surface area (Å²) in [6.07, 6.45) is 51.2. The van der Waals surface area contributed by atoms with Gasteiger partial charge in [-0.25, -0.2) is 0 Å². The van der Waals surface area contributed by atoms with Gasteiger partial charge in [-0.05, 0) is 77.0 Å². The highest BCUT2D eigenvalue weighted by atomic mass is 31.2. The molecule has 0 N–H and O–H groups in total. The van der Waals surface area contributed by atoms with Gasteiger partial charge in [-0.3, -0.25) is 14.2 Å². The van der Waals surface area contributed by atoms with Crippen LogP contribution in [-0.2, 0) is 32.7 Å². The fourth-order valence-corrected chi connectivity index (χ4v) is 7.02. The van der Waals surface area contributed by atoms with Crippen LogP contribution in [0, 0.1) is 0 Å². The van der Waals surface area contributed by atoms with Crippen molar-refractivity contribution in [1.29, 1.82) is 0 Å².